The van der Waals surface area contributed by atoms with Crippen LogP contribution in [0.4, 0.5) is 9.93 Å². The third-order valence-corrected chi connectivity index (χ3v) is 7.31. The van der Waals surface area contributed by atoms with Crippen LogP contribution in [0.15, 0.2) is 53.6 Å². The van der Waals surface area contributed by atoms with Crippen LogP contribution in [0.1, 0.15) is 16.0 Å². The number of nitrogens with one attached hydrogen (secondary N) is 1. The molecule has 0 aliphatic carbocycles. The second-order valence-electron chi connectivity index (χ2n) is 7.15. The smallest absolute Gasteiger partial charge is 0.294 e. The first-order valence-corrected chi connectivity index (χ1v) is 12.3. The number of carbonyl (C=O) groups excluding carboxylic acids is 3. The minimum atomic E-state index is -0.514. The topological polar surface area (TPSA) is 88.6 Å². The Morgan fingerprint density at radius 2 is 1.91 bits per heavy atom. The minimum Gasteiger partial charge on any atom is -0.497 e. The minimum absolute atomic E-state index is 0.251. The second-order valence-corrected chi connectivity index (χ2v) is 10.1. The standard InChI is InChI=1S/C23H17Cl2N3O4S2/c1-32-15-5-2-13(3-6-15)10-19-21(30)28(23(31)34-19)12-20(29)27-22-26-11-16(33-22)8-14-4-7-17(24)18(25)9-14/h2-7,9-11H,8,12H2,1H3,(H,26,27,29)/b19-10-. The van der Waals surface area contributed by atoms with Gasteiger partial charge in [-0.3, -0.25) is 19.3 Å². The van der Waals surface area contributed by atoms with Crippen molar-refractivity contribution in [3.05, 3.63) is 79.6 Å². The molecule has 0 spiro atoms. The van der Waals surface area contributed by atoms with Crippen molar-refractivity contribution in [1.29, 1.82) is 0 Å². The van der Waals surface area contributed by atoms with E-state index in [1.165, 1.54) is 11.3 Å². The fourth-order valence-corrected chi connectivity index (χ4v) is 5.11. The van der Waals surface area contributed by atoms with Crippen LogP contribution in [0, 0.1) is 0 Å². The van der Waals surface area contributed by atoms with Gasteiger partial charge >= 0.3 is 0 Å². The molecule has 1 saturated heterocycles. The van der Waals surface area contributed by atoms with Gasteiger partial charge in [-0.15, -0.1) is 11.3 Å². The van der Waals surface area contributed by atoms with Crippen LogP contribution < -0.4 is 10.1 Å². The highest BCUT2D eigenvalue weighted by Gasteiger charge is 2.36. The highest BCUT2D eigenvalue weighted by molar-refractivity contribution is 8.18. The molecule has 3 amide bonds. The van der Waals surface area contributed by atoms with E-state index >= 15 is 0 Å². The van der Waals surface area contributed by atoms with Gasteiger partial charge in [-0.05, 0) is 53.2 Å². The summed E-state index contributed by atoms with van der Waals surface area (Å²) >= 11 is 14.1. The third kappa shape index (κ3) is 5.79. The Kier molecular flexibility index (Phi) is 7.57. The van der Waals surface area contributed by atoms with E-state index in [-0.39, 0.29) is 4.91 Å². The van der Waals surface area contributed by atoms with Gasteiger partial charge in [-0.25, -0.2) is 4.98 Å². The lowest BCUT2D eigenvalue weighted by atomic mass is 10.1. The molecule has 4 rings (SSSR count). The molecular formula is C23H17Cl2N3O4S2. The van der Waals surface area contributed by atoms with Gasteiger partial charge < -0.3 is 10.1 Å². The molecule has 2 aromatic carbocycles. The summed E-state index contributed by atoms with van der Waals surface area (Å²) in [7, 11) is 1.56. The van der Waals surface area contributed by atoms with Crippen LogP contribution in [0.3, 0.4) is 0 Å². The predicted molar refractivity (Wildman–Crippen MR) is 136 cm³/mol. The molecule has 2 heterocycles. The fourth-order valence-electron chi connectivity index (χ4n) is 3.09. The highest BCUT2D eigenvalue weighted by Crippen LogP contribution is 2.32. The normalized spacial score (nSPS) is 14.7. The number of ether oxygens (including phenoxy) is 1. The van der Waals surface area contributed by atoms with Crippen molar-refractivity contribution in [1.82, 2.24) is 9.88 Å². The number of halogens is 2. The Hall–Kier alpha value is -2.85. The molecule has 3 aromatic rings. The molecule has 1 aliphatic rings. The molecule has 174 valence electrons. The summed E-state index contributed by atoms with van der Waals surface area (Å²) in [6, 6.07) is 12.4. The number of aromatic nitrogens is 1. The fraction of sp³-hybridized carbons (Fsp3) is 0.130. The maximum atomic E-state index is 12.7. The van der Waals surface area contributed by atoms with E-state index in [0.717, 1.165) is 32.7 Å². The number of hydrogen-bond donors (Lipinski definition) is 1. The molecule has 0 saturated carbocycles. The predicted octanol–water partition coefficient (Wildman–Crippen LogP) is 5.72. The number of amides is 3. The van der Waals surface area contributed by atoms with Gasteiger partial charge in [0.1, 0.15) is 12.3 Å². The molecule has 0 bridgehead atoms. The number of anilines is 1. The van der Waals surface area contributed by atoms with Crippen LogP contribution >= 0.6 is 46.3 Å². The summed E-state index contributed by atoms with van der Waals surface area (Å²) in [6.07, 6.45) is 3.84. The van der Waals surface area contributed by atoms with Crippen molar-refractivity contribution in [2.75, 3.05) is 19.0 Å². The molecule has 0 radical (unpaired) electrons. The molecule has 11 heteroatoms. The third-order valence-electron chi connectivity index (χ3n) is 4.75. The number of thioether (sulfide) groups is 1. The van der Waals surface area contributed by atoms with Crippen LogP contribution in [0.25, 0.3) is 6.08 Å². The SMILES string of the molecule is COc1ccc(/C=C2\SC(=O)N(CC(=O)Nc3ncc(Cc4ccc(Cl)c(Cl)c4)s3)C2=O)cc1. The molecule has 1 fully saturated rings. The van der Waals surface area contributed by atoms with Crippen molar-refractivity contribution in [3.8, 4) is 5.75 Å². The lowest BCUT2D eigenvalue weighted by molar-refractivity contribution is -0.127. The maximum Gasteiger partial charge on any atom is 0.294 e. The maximum absolute atomic E-state index is 12.7. The monoisotopic (exact) mass is 533 g/mol. The van der Waals surface area contributed by atoms with E-state index in [1.807, 2.05) is 6.07 Å². The van der Waals surface area contributed by atoms with Crippen molar-refractivity contribution in [2.45, 2.75) is 6.42 Å². The molecular weight excluding hydrogens is 517 g/mol. The summed E-state index contributed by atoms with van der Waals surface area (Å²) in [5.74, 6) is -0.340. The van der Waals surface area contributed by atoms with Gasteiger partial charge in [-0.2, -0.15) is 0 Å². The highest BCUT2D eigenvalue weighted by atomic mass is 35.5. The average Bonchev–Trinajstić information content (AvgIpc) is 3.35. The first kappa shape index (κ1) is 24.3. The van der Waals surface area contributed by atoms with E-state index < -0.39 is 23.6 Å². The molecule has 34 heavy (non-hydrogen) atoms. The summed E-state index contributed by atoms with van der Waals surface area (Å²) in [4.78, 5) is 43.7. The zero-order valence-electron chi connectivity index (χ0n) is 17.7. The van der Waals surface area contributed by atoms with Gasteiger partial charge in [-0.1, -0.05) is 41.4 Å². The van der Waals surface area contributed by atoms with Crippen LogP contribution in [0.2, 0.25) is 10.0 Å². The van der Waals surface area contributed by atoms with Crippen LogP contribution in [-0.4, -0.2) is 40.6 Å². The van der Waals surface area contributed by atoms with Gasteiger partial charge in [0.2, 0.25) is 5.91 Å². The zero-order chi connectivity index (χ0) is 24.2. The molecule has 1 aromatic heterocycles. The Labute approximate surface area is 213 Å². The molecule has 0 unspecified atom stereocenters. The molecule has 0 atom stereocenters. The number of carbonyl (C=O) groups is 3. The van der Waals surface area contributed by atoms with E-state index in [9.17, 15) is 14.4 Å². The lowest BCUT2D eigenvalue weighted by Gasteiger charge is -2.11. The number of hydrogen-bond acceptors (Lipinski definition) is 7. The molecule has 1 N–H and O–H groups in total. The quantitative estimate of drug-likeness (QED) is 0.390. The van der Waals surface area contributed by atoms with Gasteiger partial charge in [0.25, 0.3) is 11.1 Å². The largest absolute Gasteiger partial charge is 0.497 e. The van der Waals surface area contributed by atoms with Gasteiger partial charge in [0.15, 0.2) is 5.13 Å². The van der Waals surface area contributed by atoms with E-state index in [1.54, 1.807) is 55.8 Å². The summed E-state index contributed by atoms with van der Waals surface area (Å²) in [6.45, 7) is -0.397. The Balaban J connectivity index is 1.36. The van der Waals surface area contributed by atoms with Gasteiger partial charge in [0, 0.05) is 17.5 Å². The van der Waals surface area contributed by atoms with Crippen LogP contribution in [-0.2, 0) is 16.0 Å². The number of rotatable bonds is 7. The van der Waals surface area contributed by atoms with E-state index in [4.69, 9.17) is 27.9 Å². The lowest BCUT2D eigenvalue weighted by Crippen LogP contribution is -2.36. The Morgan fingerprint density at radius 1 is 1.15 bits per heavy atom. The van der Waals surface area contributed by atoms with E-state index in [2.05, 4.69) is 10.3 Å². The Bertz CT molecular complexity index is 1290. The van der Waals surface area contributed by atoms with E-state index in [0.29, 0.717) is 27.3 Å². The second kappa shape index (κ2) is 10.6. The number of imide groups is 1. The number of benzene rings is 2. The number of methoxy groups -OCH3 is 1. The summed E-state index contributed by atoms with van der Waals surface area (Å²) in [5, 5.41) is 3.47. The first-order chi connectivity index (χ1) is 16.3. The molecule has 7 nitrogen and oxygen atoms in total. The zero-order valence-corrected chi connectivity index (χ0v) is 20.9. The Morgan fingerprint density at radius 3 is 2.62 bits per heavy atom. The van der Waals surface area contributed by atoms with Crippen molar-refractivity contribution < 1.29 is 19.1 Å². The summed E-state index contributed by atoms with van der Waals surface area (Å²) in [5.41, 5.74) is 1.70. The first-order valence-electron chi connectivity index (χ1n) is 9.90. The van der Waals surface area contributed by atoms with Crippen LogP contribution in [0.5, 0.6) is 5.75 Å². The van der Waals surface area contributed by atoms with Crippen molar-refractivity contribution in [2.24, 2.45) is 0 Å². The summed E-state index contributed by atoms with van der Waals surface area (Å²) < 4.78 is 5.11. The number of nitrogens with zero attached hydrogens (tertiary/aromatic N) is 2. The van der Waals surface area contributed by atoms with Crippen molar-refractivity contribution in [3.63, 3.8) is 0 Å². The van der Waals surface area contributed by atoms with Crippen molar-refractivity contribution >= 4 is 74.6 Å². The average molecular weight is 534 g/mol. The van der Waals surface area contributed by atoms with Gasteiger partial charge in [0.05, 0.1) is 22.1 Å². The number of thiazole rings is 1. The molecule has 1 aliphatic heterocycles.